The molecule has 0 unspecified atom stereocenters. The Morgan fingerprint density at radius 2 is 1.25 bits per heavy atom. The van der Waals surface area contributed by atoms with Gasteiger partial charge in [0.25, 0.3) is 0 Å². The lowest BCUT2D eigenvalue weighted by Gasteiger charge is -2.22. The third-order valence-electron chi connectivity index (χ3n) is 4.63. The van der Waals surface area contributed by atoms with Crippen LogP contribution in [0.15, 0.2) is 0 Å². The fourth-order valence-corrected chi connectivity index (χ4v) is 2.99. The SMILES string of the molecule is CCCCCCN(CCCC)C(=O)CCCCCCCCCC=O. The van der Waals surface area contributed by atoms with Gasteiger partial charge in [0.05, 0.1) is 0 Å². The molecule has 3 heteroatoms. The molecule has 0 fully saturated rings. The standard InChI is InChI=1S/C21H41NO2/c1-3-5-7-15-19-22(18-6-4-2)21(24)17-14-12-10-8-9-11-13-16-20-23/h20H,3-19H2,1-2H3. The molecular weight excluding hydrogens is 298 g/mol. The Labute approximate surface area is 150 Å². The summed E-state index contributed by atoms with van der Waals surface area (Å²) in [4.78, 5) is 24.7. The van der Waals surface area contributed by atoms with Gasteiger partial charge in [-0.15, -0.1) is 0 Å². The van der Waals surface area contributed by atoms with E-state index in [1.165, 1.54) is 44.9 Å². The lowest BCUT2D eigenvalue weighted by atomic mass is 10.1. The first kappa shape index (κ1) is 23.1. The minimum absolute atomic E-state index is 0.367. The fourth-order valence-electron chi connectivity index (χ4n) is 2.99. The summed E-state index contributed by atoms with van der Waals surface area (Å²) in [6, 6.07) is 0. The second kappa shape index (κ2) is 18.5. The molecule has 0 bridgehead atoms. The molecule has 142 valence electrons. The van der Waals surface area contributed by atoms with E-state index >= 15 is 0 Å². The van der Waals surface area contributed by atoms with Crippen molar-refractivity contribution in [1.82, 2.24) is 4.90 Å². The summed E-state index contributed by atoms with van der Waals surface area (Å²) in [6.07, 6.45) is 17.7. The summed E-state index contributed by atoms with van der Waals surface area (Å²) in [6.45, 7) is 6.31. The van der Waals surface area contributed by atoms with Gasteiger partial charge in [-0.05, 0) is 25.7 Å². The highest BCUT2D eigenvalue weighted by molar-refractivity contribution is 5.76. The summed E-state index contributed by atoms with van der Waals surface area (Å²) in [5.74, 6) is 0.367. The van der Waals surface area contributed by atoms with E-state index in [4.69, 9.17) is 0 Å². The van der Waals surface area contributed by atoms with E-state index in [2.05, 4.69) is 18.7 Å². The van der Waals surface area contributed by atoms with Crippen molar-refractivity contribution in [2.24, 2.45) is 0 Å². The smallest absolute Gasteiger partial charge is 0.222 e. The summed E-state index contributed by atoms with van der Waals surface area (Å²) < 4.78 is 0. The summed E-state index contributed by atoms with van der Waals surface area (Å²) in [7, 11) is 0. The average molecular weight is 340 g/mol. The van der Waals surface area contributed by atoms with Gasteiger partial charge in [0, 0.05) is 25.9 Å². The first-order valence-corrected chi connectivity index (χ1v) is 10.5. The lowest BCUT2D eigenvalue weighted by molar-refractivity contribution is -0.131. The van der Waals surface area contributed by atoms with Crippen LogP contribution in [0.5, 0.6) is 0 Å². The molecule has 0 aromatic heterocycles. The molecule has 1 amide bonds. The Bertz CT molecular complexity index is 292. The highest BCUT2D eigenvalue weighted by Gasteiger charge is 2.12. The quantitative estimate of drug-likeness (QED) is 0.230. The molecular formula is C21H41NO2. The Hall–Kier alpha value is -0.860. The Morgan fingerprint density at radius 3 is 1.88 bits per heavy atom. The van der Waals surface area contributed by atoms with Crippen LogP contribution in [0.1, 0.15) is 110 Å². The number of aldehydes is 1. The van der Waals surface area contributed by atoms with Crippen LogP contribution in [0.2, 0.25) is 0 Å². The normalized spacial score (nSPS) is 10.8. The van der Waals surface area contributed by atoms with Crippen LogP contribution in [0.25, 0.3) is 0 Å². The van der Waals surface area contributed by atoms with Gasteiger partial charge in [-0.1, -0.05) is 71.6 Å². The van der Waals surface area contributed by atoms with E-state index in [9.17, 15) is 9.59 Å². The molecule has 0 radical (unpaired) electrons. The molecule has 0 heterocycles. The van der Waals surface area contributed by atoms with E-state index in [0.717, 1.165) is 64.3 Å². The van der Waals surface area contributed by atoms with Gasteiger partial charge in [-0.3, -0.25) is 4.79 Å². The lowest BCUT2D eigenvalue weighted by Crippen LogP contribution is -2.32. The van der Waals surface area contributed by atoms with Crippen molar-refractivity contribution >= 4 is 12.2 Å². The summed E-state index contributed by atoms with van der Waals surface area (Å²) in [5.41, 5.74) is 0. The fraction of sp³-hybridized carbons (Fsp3) is 0.905. The van der Waals surface area contributed by atoms with Crippen molar-refractivity contribution in [1.29, 1.82) is 0 Å². The molecule has 0 aromatic carbocycles. The zero-order chi connectivity index (χ0) is 17.9. The van der Waals surface area contributed by atoms with Gasteiger partial charge in [0.1, 0.15) is 6.29 Å². The number of unbranched alkanes of at least 4 members (excludes halogenated alkanes) is 11. The van der Waals surface area contributed by atoms with Gasteiger partial charge in [0.2, 0.25) is 5.91 Å². The second-order valence-electron chi connectivity index (χ2n) is 6.98. The number of rotatable bonds is 18. The van der Waals surface area contributed by atoms with Crippen molar-refractivity contribution in [3.63, 3.8) is 0 Å². The molecule has 0 saturated heterocycles. The predicted molar refractivity (Wildman–Crippen MR) is 103 cm³/mol. The zero-order valence-electron chi connectivity index (χ0n) is 16.4. The molecule has 0 rings (SSSR count). The minimum Gasteiger partial charge on any atom is -0.343 e. The van der Waals surface area contributed by atoms with Crippen molar-refractivity contribution in [3.8, 4) is 0 Å². The molecule has 0 aliphatic heterocycles. The van der Waals surface area contributed by atoms with Crippen LogP contribution in [-0.4, -0.2) is 30.2 Å². The average Bonchev–Trinajstić information content (AvgIpc) is 2.59. The Kier molecular flexibility index (Phi) is 17.8. The highest BCUT2D eigenvalue weighted by atomic mass is 16.2. The van der Waals surface area contributed by atoms with Crippen LogP contribution < -0.4 is 0 Å². The molecule has 0 atom stereocenters. The van der Waals surface area contributed by atoms with Crippen molar-refractivity contribution < 1.29 is 9.59 Å². The maximum atomic E-state index is 12.4. The van der Waals surface area contributed by atoms with Crippen molar-refractivity contribution in [3.05, 3.63) is 0 Å². The first-order chi connectivity index (χ1) is 11.8. The molecule has 3 nitrogen and oxygen atoms in total. The van der Waals surface area contributed by atoms with Crippen molar-refractivity contribution in [2.75, 3.05) is 13.1 Å². The van der Waals surface area contributed by atoms with Crippen LogP contribution in [0.3, 0.4) is 0 Å². The summed E-state index contributed by atoms with van der Waals surface area (Å²) in [5, 5.41) is 0. The number of hydrogen-bond donors (Lipinski definition) is 0. The Morgan fingerprint density at radius 1 is 0.708 bits per heavy atom. The third kappa shape index (κ3) is 14.7. The number of carbonyl (C=O) groups excluding carboxylic acids is 2. The third-order valence-corrected chi connectivity index (χ3v) is 4.63. The first-order valence-electron chi connectivity index (χ1n) is 10.5. The molecule has 0 saturated carbocycles. The highest BCUT2D eigenvalue weighted by Crippen LogP contribution is 2.11. The monoisotopic (exact) mass is 339 g/mol. The van der Waals surface area contributed by atoms with Crippen LogP contribution in [0.4, 0.5) is 0 Å². The van der Waals surface area contributed by atoms with E-state index < -0.39 is 0 Å². The zero-order valence-corrected chi connectivity index (χ0v) is 16.4. The van der Waals surface area contributed by atoms with E-state index in [-0.39, 0.29) is 0 Å². The minimum atomic E-state index is 0.367. The van der Waals surface area contributed by atoms with Gasteiger partial charge < -0.3 is 9.69 Å². The second-order valence-corrected chi connectivity index (χ2v) is 6.98. The molecule has 0 spiro atoms. The largest absolute Gasteiger partial charge is 0.343 e. The molecule has 0 aliphatic carbocycles. The predicted octanol–water partition coefficient (Wildman–Crippen LogP) is 5.91. The van der Waals surface area contributed by atoms with Gasteiger partial charge in [0.15, 0.2) is 0 Å². The van der Waals surface area contributed by atoms with Gasteiger partial charge in [-0.2, -0.15) is 0 Å². The van der Waals surface area contributed by atoms with Crippen molar-refractivity contribution in [2.45, 2.75) is 110 Å². The van der Waals surface area contributed by atoms with E-state index in [1.54, 1.807) is 0 Å². The van der Waals surface area contributed by atoms with Crippen LogP contribution in [0, 0.1) is 0 Å². The topological polar surface area (TPSA) is 37.4 Å². The van der Waals surface area contributed by atoms with Gasteiger partial charge in [-0.25, -0.2) is 0 Å². The molecule has 0 aromatic rings. The number of amides is 1. The van der Waals surface area contributed by atoms with Gasteiger partial charge >= 0.3 is 0 Å². The molecule has 24 heavy (non-hydrogen) atoms. The number of hydrogen-bond acceptors (Lipinski definition) is 2. The maximum absolute atomic E-state index is 12.4. The van der Waals surface area contributed by atoms with E-state index in [0.29, 0.717) is 12.3 Å². The van der Waals surface area contributed by atoms with Crippen LogP contribution >= 0.6 is 0 Å². The van der Waals surface area contributed by atoms with E-state index in [1.807, 2.05) is 0 Å². The molecule has 0 N–H and O–H groups in total. The maximum Gasteiger partial charge on any atom is 0.222 e. The molecule has 0 aliphatic rings. The summed E-state index contributed by atoms with van der Waals surface area (Å²) >= 11 is 0. The number of nitrogens with zero attached hydrogens (tertiary/aromatic N) is 1. The number of carbonyl (C=O) groups is 2. The van der Waals surface area contributed by atoms with Crippen LogP contribution in [-0.2, 0) is 9.59 Å². The Balaban J connectivity index is 3.73.